The third-order valence-corrected chi connectivity index (χ3v) is 7.38. The highest BCUT2D eigenvalue weighted by atomic mass is 32.2. The van der Waals surface area contributed by atoms with Gasteiger partial charge in [-0.1, -0.05) is 44.2 Å². The maximum absolute atomic E-state index is 13.2. The number of ether oxygens (including phenoxy) is 2. The maximum Gasteiger partial charge on any atom is 0.263 e. The van der Waals surface area contributed by atoms with E-state index >= 15 is 0 Å². The molecule has 2 aliphatic heterocycles. The van der Waals surface area contributed by atoms with Gasteiger partial charge in [-0.2, -0.15) is 0 Å². The number of hydrogen-bond acceptors (Lipinski definition) is 5. The number of anilines is 1. The maximum atomic E-state index is 13.2. The zero-order valence-corrected chi connectivity index (χ0v) is 18.8. The minimum Gasteiger partial charge on any atom is -0.487 e. The number of nitrogens with one attached hydrogen (secondary N) is 1. The van der Waals surface area contributed by atoms with Gasteiger partial charge in [-0.3, -0.25) is 9.10 Å². The van der Waals surface area contributed by atoms with Crippen molar-refractivity contribution in [1.82, 2.24) is 5.32 Å². The van der Waals surface area contributed by atoms with Crippen LogP contribution < -0.4 is 19.1 Å². The minimum absolute atomic E-state index is 0.0702. The van der Waals surface area contributed by atoms with E-state index in [2.05, 4.69) is 19.2 Å². The predicted octanol–water partition coefficient (Wildman–Crippen LogP) is 3.41. The Morgan fingerprint density at radius 2 is 1.74 bits per heavy atom. The summed E-state index contributed by atoms with van der Waals surface area (Å²) in [5.41, 5.74) is 1.01. The van der Waals surface area contributed by atoms with Crippen molar-refractivity contribution in [3.05, 3.63) is 54.1 Å². The number of amides is 1. The van der Waals surface area contributed by atoms with Crippen LogP contribution >= 0.6 is 0 Å². The summed E-state index contributed by atoms with van der Waals surface area (Å²) >= 11 is 0. The van der Waals surface area contributed by atoms with Crippen LogP contribution in [-0.4, -0.2) is 38.8 Å². The number of benzene rings is 2. The molecule has 0 saturated carbocycles. The SMILES string of the molecule is CCC1(CC)CC(NC(=O)C2CN(S(C)(=O)=O)c3ccccc3O2)c2ccccc2O1. The summed E-state index contributed by atoms with van der Waals surface area (Å²) in [5.74, 6) is 0.810. The first-order chi connectivity index (χ1) is 14.8. The molecule has 0 saturated heterocycles. The molecule has 166 valence electrons. The van der Waals surface area contributed by atoms with Crippen LogP contribution in [0.25, 0.3) is 0 Å². The lowest BCUT2D eigenvalue weighted by atomic mass is 9.83. The van der Waals surface area contributed by atoms with Crippen LogP contribution in [0.3, 0.4) is 0 Å². The molecule has 0 bridgehead atoms. The molecule has 7 nitrogen and oxygen atoms in total. The van der Waals surface area contributed by atoms with Gasteiger partial charge in [-0.05, 0) is 31.0 Å². The molecule has 0 fully saturated rings. The van der Waals surface area contributed by atoms with E-state index in [-0.39, 0.29) is 24.1 Å². The average molecular weight is 445 g/mol. The Balaban J connectivity index is 1.61. The lowest BCUT2D eigenvalue weighted by molar-refractivity contribution is -0.129. The molecular formula is C23H28N2O5S. The second kappa shape index (κ2) is 8.07. The predicted molar refractivity (Wildman–Crippen MR) is 119 cm³/mol. The van der Waals surface area contributed by atoms with Crippen molar-refractivity contribution >= 4 is 21.6 Å². The topological polar surface area (TPSA) is 84.9 Å². The molecule has 0 aliphatic carbocycles. The zero-order chi connectivity index (χ0) is 22.2. The van der Waals surface area contributed by atoms with Gasteiger partial charge in [-0.15, -0.1) is 0 Å². The molecule has 2 aromatic rings. The second-order valence-corrected chi connectivity index (χ2v) is 10.1. The number of carbonyl (C=O) groups excluding carboxylic acids is 1. The largest absolute Gasteiger partial charge is 0.487 e. The number of sulfonamides is 1. The van der Waals surface area contributed by atoms with Crippen LogP contribution in [0.4, 0.5) is 5.69 Å². The van der Waals surface area contributed by atoms with Gasteiger partial charge in [0.1, 0.15) is 17.1 Å². The van der Waals surface area contributed by atoms with Crippen molar-refractivity contribution in [1.29, 1.82) is 0 Å². The summed E-state index contributed by atoms with van der Waals surface area (Å²) in [4.78, 5) is 13.2. The van der Waals surface area contributed by atoms with E-state index in [9.17, 15) is 13.2 Å². The van der Waals surface area contributed by atoms with Crippen LogP contribution in [-0.2, 0) is 14.8 Å². The van der Waals surface area contributed by atoms with Gasteiger partial charge in [0.2, 0.25) is 10.0 Å². The molecule has 0 spiro atoms. The van der Waals surface area contributed by atoms with Crippen molar-refractivity contribution in [2.45, 2.75) is 50.9 Å². The Bertz CT molecular complexity index is 1080. The first-order valence-electron chi connectivity index (χ1n) is 10.6. The Labute approximate surface area is 183 Å². The summed E-state index contributed by atoms with van der Waals surface area (Å²) in [6.07, 6.45) is 2.47. The fourth-order valence-electron chi connectivity index (χ4n) is 4.35. The van der Waals surface area contributed by atoms with E-state index in [0.717, 1.165) is 30.4 Å². The van der Waals surface area contributed by atoms with E-state index in [1.807, 2.05) is 24.3 Å². The molecule has 31 heavy (non-hydrogen) atoms. The van der Waals surface area contributed by atoms with Gasteiger partial charge in [0.15, 0.2) is 6.10 Å². The number of carbonyl (C=O) groups is 1. The first kappa shape index (κ1) is 21.5. The lowest BCUT2D eigenvalue weighted by Crippen LogP contribution is -2.52. The van der Waals surface area contributed by atoms with E-state index in [0.29, 0.717) is 17.9 Å². The lowest BCUT2D eigenvalue weighted by Gasteiger charge is -2.42. The third-order valence-electron chi connectivity index (χ3n) is 6.23. The molecule has 1 N–H and O–H groups in total. The van der Waals surface area contributed by atoms with Gasteiger partial charge in [0.25, 0.3) is 5.91 Å². The number of hydrogen-bond donors (Lipinski definition) is 1. The van der Waals surface area contributed by atoms with Crippen molar-refractivity contribution in [3.8, 4) is 11.5 Å². The van der Waals surface area contributed by atoms with Gasteiger partial charge < -0.3 is 14.8 Å². The summed E-state index contributed by atoms with van der Waals surface area (Å²) < 4.78 is 38.2. The molecule has 2 aliphatic rings. The molecule has 2 aromatic carbocycles. The van der Waals surface area contributed by atoms with Gasteiger partial charge in [-0.25, -0.2) is 8.42 Å². The fraction of sp³-hybridized carbons (Fsp3) is 0.435. The number of rotatable bonds is 5. The molecule has 2 heterocycles. The van der Waals surface area contributed by atoms with E-state index < -0.39 is 16.1 Å². The molecule has 1 amide bonds. The number of nitrogens with zero attached hydrogens (tertiary/aromatic N) is 1. The van der Waals surface area contributed by atoms with Gasteiger partial charge in [0.05, 0.1) is 24.5 Å². The highest BCUT2D eigenvalue weighted by Crippen LogP contribution is 2.43. The van der Waals surface area contributed by atoms with E-state index in [1.165, 1.54) is 4.31 Å². The molecule has 0 radical (unpaired) electrons. The number of fused-ring (bicyclic) bond motifs is 2. The van der Waals surface area contributed by atoms with Crippen LogP contribution in [0.2, 0.25) is 0 Å². The summed E-state index contributed by atoms with van der Waals surface area (Å²) in [6, 6.07) is 14.3. The first-order valence-corrected chi connectivity index (χ1v) is 12.4. The average Bonchev–Trinajstić information content (AvgIpc) is 2.77. The molecule has 0 aromatic heterocycles. The molecule has 8 heteroatoms. The highest BCUT2D eigenvalue weighted by molar-refractivity contribution is 7.92. The summed E-state index contributed by atoms with van der Waals surface area (Å²) in [5, 5.41) is 3.11. The van der Waals surface area contributed by atoms with E-state index in [4.69, 9.17) is 9.47 Å². The quantitative estimate of drug-likeness (QED) is 0.764. The second-order valence-electron chi connectivity index (χ2n) is 8.16. The van der Waals surface area contributed by atoms with Crippen molar-refractivity contribution < 1.29 is 22.7 Å². The monoisotopic (exact) mass is 444 g/mol. The van der Waals surface area contributed by atoms with Crippen LogP contribution in [0.15, 0.2) is 48.5 Å². The molecule has 2 atom stereocenters. The Hall–Kier alpha value is -2.74. The highest BCUT2D eigenvalue weighted by Gasteiger charge is 2.41. The van der Waals surface area contributed by atoms with Crippen molar-refractivity contribution in [2.75, 3.05) is 17.1 Å². The van der Waals surface area contributed by atoms with Gasteiger partial charge >= 0.3 is 0 Å². The smallest absolute Gasteiger partial charge is 0.263 e. The molecule has 2 unspecified atom stereocenters. The number of para-hydroxylation sites is 3. The summed E-state index contributed by atoms with van der Waals surface area (Å²) in [7, 11) is -3.56. The van der Waals surface area contributed by atoms with Crippen molar-refractivity contribution in [3.63, 3.8) is 0 Å². The normalized spacial score (nSPS) is 21.8. The van der Waals surface area contributed by atoms with Crippen molar-refractivity contribution in [2.24, 2.45) is 0 Å². The Kier molecular flexibility index (Phi) is 5.60. The zero-order valence-electron chi connectivity index (χ0n) is 18.0. The van der Waals surface area contributed by atoms with Crippen LogP contribution in [0.1, 0.15) is 44.7 Å². The van der Waals surface area contributed by atoms with Gasteiger partial charge in [0, 0.05) is 12.0 Å². The third kappa shape index (κ3) is 4.08. The van der Waals surface area contributed by atoms with Crippen LogP contribution in [0, 0.1) is 0 Å². The summed E-state index contributed by atoms with van der Waals surface area (Å²) in [6.45, 7) is 4.10. The minimum atomic E-state index is -3.56. The molecule has 4 rings (SSSR count). The van der Waals surface area contributed by atoms with E-state index in [1.54, 1.807) is 24.3 Å². The van der Waals surface area contributed by atoms with Crippen LogP contribution in [0.5, 0.6) is 11.5 Å². The Morgan fingerprint density at radius 1 is 1.10 bits per heavy atom. The fourth-order valence-corrected chi connectivity index (χ4v) is 5.26. The Morgan fingerprint density at radius 3 is 2.42 bits per heavy atom. The molecular weight excluding hydrogens is 416 g/mol. The standard InChI is InChI=1S/C23H28N2O5S/c1-4-23(5-2)14-17(16-10-6-8-12-19(16)30-23)24-22(26)21-15-25(31(3,27)28)18-11-7-9-13-20(18)29-21/h6-13,17,21H,4-5,14-15H2,1-3H3,(H,24,26).